The van der Waals surface area contributed by atoms with Gasteiger partial charge in [0.25, 0.3) is 0 Å². The van der Waals surface area contributed by atoms with Gasteiger partial charge in [-0.15, -0.1) is 0 Å². The summed E-state index contributed by atoms with van der Waals surface area (Å²) in [7, 11) is 0. The Morgan fingerprint density at radius 3 is 2.47 bits per heavy atom. The average molecular weight is 252 g/mol. The molecule has 0 unspecified atom stereocenters. The highest BCUT2D eigenvalue weighted by molar-refractivity contribution is 6.27. The maximum Gasteiger partial charge on any atom is 0.0843 e. The Morgan fingerprint density at radius 2 is 1.84 bits per heavy atom. The van der Waals surface area contributed by atoms with Gasteiger partial charge in [-0.05, 0) is 48.7 Å². The number of pyridine rings is 1. The van der Waals surface area contributed by atoms with Gasteiger partial charge in [0.2, 0.25) is 0 Å². The molecule has 0 bridgehead atoms. The quantitative estimate of drug-likeness (QED) is 0.513. The van der Waals surface area contributed by atoms with Crippen molar-refractivity contribution in [2.75, 3.05) is 0 Å². The molecule has 0 spiro atoms. The van der Waals surface area contributed by atoms with Crippen molar-refractivity contribution < 1.29 is 5.21 Å². The van der Waals surface area contributed by atoms with Gasteiger partial charge in [0.15, 0.2) is 0 Å². The molecule has 1 heterocycles. The van der Waals surface area contributed by atoms with E-state index >= 15 is 0 Å². The van der Waals surface area contributed by atoms with Crippen LogP contribution >= 0.6 is 0 Å². The summed E-state index contributed by atoms with van der Waals surface area (Å²) < 4.78 is 0. The maximum absolute atomic E-state index is 9.07. The maximum atomic E-state index is 9.07. The highest BCUT2D eigenvalue weighted by Gasteiger charge is 2.08. The molecule has 0 aliphatic carbocycles. The van der Waals surface area contributed by atoms with Crippen LogP contribution < -0.4 is 0 Å². The second kappa shape index (κ2) is 5.96. The molecule has 2 aromatic rings. The number of oxime groups is 1. The number of aryl methyl sites for hydroxylation is 1. The fourth-order valence-corrected chi connectivity index (χ4v) is 1.93. The number of rotatable bonds is 3. The molecule has 1 N–H and O–H groups in total. The molecule has 3 nitrogen and oxygen atoms in total. The Labute approximate surface area is 112 Å². The first-order valence-electron chi connectivity index (χ1n) is 6.09. The van der Waals surface area contributed by atoms with Crippen LogP contribution in [0.2, 0.25) is 0 Å². The van der Waals surface area contributed by atoms with E-state index in [0.717, 1.165) is 22.3 Å². The zero-order chi connectivity index (χ0) is 13.7. The van der Waals surface area contributed by atoms with Gasteiger partial charge in [0.1, 0.15) is 0 Å². The molecule has 0 aliphatic heterocycles. The van der Waals surface area contributed by atoms with Gasteiger partial charge in [0, 0.05) is 18.0 Å². The summed E-state index contributed by atoms with van der Waals surface area (Å²) in [6.07, 6.45) is 5.48. The second-order valence-corrected chi connectivity index (χ2v) is 4.34. The van der Waals surface area contributed by atoms with Crippen molar-refractivity contribution in [3.05, 3.63) is 65.5 Å². The first-order chi connectivity index (χ1) is 9.22. The summed E-state index contributed by atoms with van der Waals surface area (Å²) in [4.78, 5) is 4.00. The van der Waals surface area contributed by atoms with Crippen molar-refractivity contribution in [3.8, 4) is 0 Å². The predicted octanol–water partition coefficient (Wildman–Crippen LogP) is 3.78. The van der Waals surface area contributed by atoms with E-state index in [-0.39, 0.29) is 0 Å². The molecule has 1 aromatic carbocycles. The Morgan fingerprint density at radius 1 is 1.16 bits per heavy atom. The topological polar surface area (TPSA) is 45.5 Å². The van der Waals surface area contributed by atoms with E-state index in [4.69, 9.17) is 5.21 Å². The molecule has 0 aliphatic rings. The molecular weight excluding hydrogens is 236 g/mol. The van der Waals surface area contributed by atoms with Gasteiger partial charge in [-0.2, -0.15) is 0 Å². The Bertz CT molecular complexity index is 616. The van der Waals surface area contributed by atoms with Crippen LogP contribution in [0.3, 0.4) is 0 Å². The standard InChI is InChI=1S/C16H16N2O/c1-12-5-3-4-6-15(12)16(13(2)18-19)11-14-7-9-17-10-8-14/h3-11,19H,1-2H3/b16-11-,18-13+. The summed E-state index contributed by atoms with van der Waals surface area (Å²) in [6.45, 7) is 3.83. The third kappa shape index (κ3) is 3.07. The molecule has 0 radical (unpaired) electrons. The summed E-state index contributed by atoms with van der Waals surface area (Å²) in [5.74, 6) is 0. The van der Waals surface area contributed by atoms with Crippen molar-refractivity contribution in [2.45, 2.75) is 13.8 Å². The van der Waals surface area contributed by atoms with Crippen molar-refractivity contribution in [3.63, 3.8) is 0 Å². The van der Waals surface area contributed by atoms with Crippen molar-refractivity contribution in [1.29, 1.82) is 0 Å². The Balaban J connectivity index is 2.55. The van der Waals surface area contributed by atoms with Crippen LogP contribution in [-0.2, 0) is 0 Å². The molecule has 0 fully saturated rings. The minimum atomic E-state index is 0.589. The summed E-state index contributed by atoms with van der Waals surface area (Å²) >= 11 is 0. The van der Waals surface area contributed by atoms with Crippen molar-refractivity contribution in [2.24, 2.45) is 5.16 Å². The summed E-state index contributed by atoms with van der Waals surface area (Å²) in [6, 6.07) is 11.9. The van der Waals surface area contributed by atoms with Crippen molar-refractivity contribution >= 4 is 17.4 Å². The molecule has 2 rings (SSSR count). The normalized spacial score (nSPS) is 12.5. The fraction of sp³-hybridized carbons (Fsp3) is 0.125. The monoisotopic (exact) mass is 252 g/mol. The zero-order valence-corrected chi connectivity index (χ0v) is 11.0. The third-order valence-corrected chi connectivity index (χ3v) is 2.99. The lowest BCUT2D eigenvalue weighted by Crippen LogP contribution is -1.99. The van der Waals surface area contributed by atoms with Gasteiger partial charge in [-0.25, -0.2) is 0 Å². The van der Waals surface area contributed by atoms with E-state index in [1.807, 2.05) is 49.4 Å². The van der Waals surface area contributed by atoms with E-state index in [1.165, 1.54) is 0 Å². The van der Waals surface area contributed by atoms with E-state index in [1.54, 1.807) is 19.3 Å². The lowest BCUT2D eigenvalue weighted by Gasteiger charge is -2.10. The van der Waals surface area contributed by atoms with Gasteiger partial charge in [0.05, 0.1) is 5.71 Å². The Kier molecular flexibility index (Phi) is 4.08. The van der Waals surface area contributed by atoms with Crippen molar-refractivity contribution in [1.82, 2.24) is 4.98 Å². The van der Waals surface area contributed by atoms with E-state index in [2.05, 4.69) is 10.1 Å². The minimum absolute atomic E-state index is 0.589. The third-order valence-electron chi connectivity index (χ3n) is 2.99. The molecule has 0 amide bonds. The van der Waals surface area contributed by atoms with E-state index in [9.17, 15) is 0 Å². The zero-order valence-electron chi connectivity index (χ0n) is 11.0. The van der Waals surface area contributed by atoms with Gasteiger partial charge < -0.3 is 5.21 Å². The lowest BCUT2D eigenvalue weighted by atomic mass is 9.96. The predicted molar refractivity (Wildman–Crippen MR) is 78.2 cm³/mol. The molecule has 1 aromatic heterocycles. The Hall–Kier alpha value is -2.42. The smallest absolute Gasteiger partial charge is 0.0843 e. The minimum Gasteiger partial charge on any atom is -0.411 e. The number of aromatic nitrogens is 1. The highest BCUT2D eigenvalue weighted by atomic mass is 16.4. The van der Waals surface area contributed by atoms with Crippen LogP contribution in [-0.4, -0.2) is 15.9 Å². The van der Waals surface area contributed by atoms with E-state index in [0.29, 0.717) is 5.71 Å². The van der Waals surface area contributed by atoms with Crippen LogP contribution in [0.25, 0.3) is 11.6 Å². The second-order valence-electron chi connectivity index (χ2n) is 4.34. The highest BCUT2D eigenvalue weighted by Crippen LogP contribution is 2.22. The number of hydrogen-bond acceptors (Lipinski definition) is 3. The average Bonchev–Trinajstić information content (AvgIpc) is 2.46. The molecule has 3 heteroatoms. The van der Waals surface area contributed by atoms with Crippen LogP contribution in [0, 0.1) is 6.92 Å². The first kappa shape index (κ1) is 13.0. The van der Waals surface area contributed by atoms with Crippen LogP contribution in [0.1, 0.15) is 23.6 Å². The lowest BCUT2D eigenvalue weighted by molar-refractivity contribution is 0.319. The summed E-state index contributed by atoms with van der Waals surface area (Å²) in [5, 5.41) is 12.4. The molecular formula is C16H16N2O. The number of allylic oxidation sites excluding steroid dienone is 1. The molecule has 0 saturated carbocycles. The molecule has 0 saturated heterocycles. The number of nitrogens with zero attached hydrogens (tertiary/aromatic N) is 2. The number of hydrogen-bond donors (Lipinski definition) is 1. The first-order valence-corrected chi connectivity index (χ1v) is 6.09. The molecule has 96 valence electrons. The molecule has 19 heavy (non-hydrogen) atoms. The largest absolute Gasteiger partial charge is 0.411 e. The van der Waals surface area contributed by atoms with Gasteiger partial charge in [-0.1, -0.05) is 29.4 Å². The van der Waals surface area contributed by atoms with Crippen LogP contribution in [0.5, 0.6) is 0 Å². The van der Waals surface area contributed by atoms with Crippen LogP contribution in [0.15, 0.2) is 53.9 Å². The van der Waals surface area contributed by atoms with Gasteiger partial charge in [-0.3, -0.25) is 4.98 Å². The van der Waals surface area contributed by atoms with E-state index < -0.39 is 0 Å². The summed E-state index contributed by atoms with van der Waals surface area (Å²) in [5.41, 5.74) is 4.73. The van der Waals surface area contributed by atoms with Gasteiger partial charge >= 0.3 is 0 Å². The van der Waals surface area contributed by atoms with Crippen LogP contribution in [0.4, 0.5) is 0 Å². The SMILES string of the molecule is CC(=N\O)/C(=C/c1ccncc1)c1ccccc1C. The molecule has 0 atom stereocenters. The fourth-order valence-electron chi connectivity index (χ4n) is 1.93. The number of benzene rings is 1.